The number of rotatable bonds is 2. The number of benzene rings is 1. The van der Waals surface area contributed by atoms with Gasteiger partial charge in [-0.2, -0.15) is 5.26 Å². The third-order valence-electron chi connectivity index (χ3n) is 2.16. The van der Waals surface area contributed by atoms with Gasteiger partial charge in [-0.25, -0.2) is 13.8 Å². The zero-order chi connectivity index (χ0) is 11.5. The Balaban J connectivity index is 2.34. The molecule has 0 unspecified atom stereocenters. The van der Waals surface area contributed by atoms with Crippen molar-refractivity contribution >= 4 is 0 Å². The number of aromatic nitrogens is 2. The van der Waals surface area contributed by atoms with E-state index in [9.17, 15) is 8.78 Å². The van der Waals surface area contributed by atoms with Crippen LogP contribution in [0.25, 0.3) is 0 Å². The molecule has 0 aliphatic carbocycles. The van der Waals surface area contributed by atoms with Crippen LogP contribution < -0.4 is 0 Å². The van der Waals surface area contributed by atoms with Crippen molar-refractivity contribution in [3.63, 3.8) is 0 Å². The Morgan fingerprint density at radius 3 is 2.94 bits per heavy atom. The Bertz CT molecular complexity index is 555. The molecule has 3 nitrogen and oxygen atoms in total. The van der Waals surface area contributed by atoms with Gasteiger partial charge in [0.05, 0.1) is 6.54 Å². The van der Waals surface area contributed by atoms with Crippen molar-refractivity contribution in [1.29, 1.82) is 5.26 Å². The molecular formula is C11H7F2N3. The molecule has 5 heteroatoms. The minimum Gasteiger partial charge on any atom is -0.318 e. The van der Waals surface area contributed by atoms with E-state index >= 15 is 0 Å². The van der Waals surface area contributed by atoms with Gasteiger partial charge >= 0.3 is 0 Å². The fourth-order valence-corrected chi connectivity index (χ4v) is 1.40. The maximum Gasteiger partial charge on any atom is 0.213 e. The van der Waals surface area contributed by atoms with Crippen molar-refractivity contribution in [3.8, 4) is 6.07 Å². The van der Waals surface area contributed by atoms with E-state index in [-0.39, 0.29) is 17.9 Å². The first-order chi connectivity index (χ1) is 7.70. The quantitative estimate of drug-likeness (QED) is 0.775. The van der Waals surface area contributed by atoms with E-state index in [1.54, 1.807) is 6.20 Å². The lowest BCUT2D eigenvalue weighted by Gasteiger charge is -2.05. The molecule has 0 spiro atoms. The minimum atomic E-state index is -0.505. The summed E-state index contributed by atoms with van der Waals surface area (Å²) >= 11 is 0. The third-order valence-corrected chi connectivity index (χ3v) is 2.16. The van der Waals surface area contributed by atoms with Gasteiger partial charge in [-0.15, -0.1) is 0 Å². The lowest BCUT2D eigenvalue weighted by Crippen LogP contribution is -2.04. The number of nitrogens with zero attached hydrogens (tertiary/aromatic N) is 3. The minimum absolute atomic E-state index is 0.0898. The maximum absolute atomic E-state index is 13.3. The molecule has 0 radical (unpaired) electrons. The lowest BCUT2D eigenvalue weighted by molar-refractivity contribution is 0.576. The molecular weight excluding hydrogens is 212 g/mol. The van der Waals surface area contributed by atoms with Crippen LogP contribution in [0, 0.1) is 23.0 Å². The summed E-state index contributed by atoms with van der Waals surface area (Å²) in [7, 11) is 0. The molecule has 0 aliphatic heterocycles. The second-order valence-corrected chi connectivity index (χ2v) is 3.23. The van der Waals surface area contributed by atoms with Gasteiger partial charge in [-0.05, 0) is 18.2 Å². The molecule has 0 saturated carbocycles. The number of nitriles is 1. The highest BCUT2D eigenvalue weighted by atomic mass is 19.1. The first-order valence-corrected chi connectivity index (χ1v) is 4.56. The predicted molar refractivity (Wildman–Crippen MR) is 52.4 cm³/mol. The second-order valence-electron chi connectivity index (χ2n) is 3.23. The van der Waals surface area contributed by atoms with Gasteiger partial charge in [-0.1, -0.05) is 0 Å². The van der Waals surface area contributed by atoms with Crippen molar-refractivity contribution in [1.82, 2.24) is 9.55 Å². The van der Waals surface area contributed by atoms with Gasteiger partial charge in [0.15, 0.2) is 0 Å². The van der Waals surface area contributed by atoms with Crippen LogP contribution in [0.5, 0.6) is 0 Å². The SMILES string of the molecule is N#Cc1nccn1Cc1cc(F)ccc1F. The molecule has 16 heavy (non-hydrogen) atoms. The van der Waals surface area contributed by atoms with Gasteiger partial charge in [-0.3, -0.25) is 0 Å². The highest BCUT2D eigenvalue weighted by Gasteiger charge is 2.07. The largest absolute Gasteiger partial charge is 0.318 e. The summed E-state index contributed by atoms with van der Waals surface area (Å²) in [6.45, 7) is 0.0898. The Labute approximate surface area is 90.6 Å². The summed E-state index contributed by atoms with van der Waals surface area (Å²) in [5.41, 5.74) is 0.189. The first-order valence-electron chi connectivity index (χ1n) is 4.56. The maximum atomic E-state index is 13.3. The van der Waals surface area contributed by atoms with Gasteiger partial charge in [0.2, 0.25) is 5.82 Å². The molecule has 0 fully saturated rings. The smallest absolute Gasteiger partial charge is 0.213 e. The number of hydrogen-bond donors (Lipinski definition) is 0. The average Bonchev–Trinajstić information content (AvgIpc) is 2.71. The number of imidazole rings is 1. The number of halogens is 2. The highest BCUT2D eigenvalue weighted by Crippen LogP contribution is 2.12. The summed E-state index contributed by atoms with van der Waals surface area (Å²) in [5, 5.41) is 8.71. The van der Waals surface area contributed by atoms with Crippen LogP contribution in [-0.2, 0) is 6.54 Å². The molecule has 2 rings (SSSR count). The topological polar surface area (TPSA) is 41.6 Å². The Hall–Kier alpha value is -2.22. The average molecular weight is 219 g/mol. The Kier molecular flexibility index (Phi) is 2.64. The molecule has 2 aromatic rings. The van der Waals surface area contributed by atoms with Crippen LogP contribution in [0.15, 0.2) is 30.6 Å². The molecule has 0 bridgehead atoms. The molecule has 0 atom stereocenters. The van der Waals surface area contributed by atoms with E-state index in [1.807, 2.05) is 6.07 Å². The molecule has 0 aliphatic rings. The molecule has 0 amide bonds. The van der Waals surface area contributed by atoms with E-state index in [2.05, 4.69) is 4.98 Å². The predicted octanol–water partition coefficient (Wildman–Crippen LogP) is 2.08. The van der Waals surface area contributed by atoms with Gasteiger partial charge in [0.1, 0.15) is 17.7 Å². The summed E-state index contributed by atoms with van der Waals surface area (Å²) in [6, 6.07) is 5.09. The van der Waals surface area contributed by atoms with Gasteiger partial charge in [0.25, 0.3) is 0 Å². The summed E-state index contributed by atoms with van der Waals surface area (Å²) < 4.78 is 27.7. The molecule has 1 aromatic carbocycles. The van der Waals surface area contributed by atoms with E-state index in [1.165, 1.54) is 10.8 Å². The van der Waals surface area contributed by atoms with Gasteiger partial charge in [0, 0.05) is 18.0 Å². The van der Waals surface area contributed by atoms with Crippen LogP contribution in [0.3, 0.4) is 0 Å². The molecule has 1 heterocycles. The van der Waals surface area contributed by atoms with Gasteiger partial charge < -0.3 is 4.57 Å². The van der Waals surface area contributed by atoms with Crippen molar-refractivity contribution in [2.45, 2.75) is 6.54 Å². The van der Waals surface area contributed by atoms with E-state index in [0.29, 0.717) is 0 Å². The summed E-state index contributed by atoms with van der Waals surface area (Å²) in [5.74, 6) is -0.835. The van der Waals surface area contributed by atoms with Crippen molar-refractivity contribution < 1.29 is 8.78 Å². The summed E-state index contributed by atoms with van der Waals surface area (Å²) in [6.07, 6.45) is 2.98. The molecule has 1 aromatic heterocycles. The van der Waals surface area contributed by atoms with E-state index < -0.39 is 11.6 Å². The van der Waals surface area contributed by atoms with Crippen LogP contribution in [0.4, 0.5) is 8.78 Å². The van der Waals surface area contributed by atoms with Crippen molar-refractivity contribution in [3.05, 3.63) is 53.6 Å². The monoisotopic (exact) mass is 219 g/mol. The van der Waals surface area contributed by atoms with Crippen molar-refractivity contribution in [2.75, 3.05) is 0 Å². The third kappa shape index (κ3) is 1.91. The standard InChI is InChI=1S/C11H7F2N3/c12-9-1-2-10(13)8(5-9)7-16-4-3-15-11(16)6-14/h1-5H,7H2. The number of hydrogen-bond acceptors (Lipinski definition) is 2. The van der Waals surface area contributed by atoms with E-state index in [4.69, 9.17) is 5.26 Å². The Morgan fingerprint density at radius 2 is 2.19 bits per heavy atom. The summed E-state index contributed by atoms with van der Waals surface area (Å²) in [4.78, 5) is 3.77. The Morgan fingerprint density at radius 1 is 1.38 bits per heavy atom. The second kappa shape index (κ2) is 4.11. The first kappa shape index (κ1) is 10.3. The normalized spacial score (nSPS) is 10.1. The lowest BCUT2D eigenvalue weighted by atomic mass is 10.2. The van der Waals surface area contributed by atoms with Crippen LogP contribution in [0.1, 0.15) is 11.4 Å². The fraction of sp³-hybridized carbons (Fsp3) is 0.0909. The molecule has 80 valence electrons. The van der Waals surface area contributed by atoms with Crippen LogP contribution in [0.2, 0.25) is 0 Å². The van der Waals surface area contributed by atoms with Crippen LogP contribution >= 0.6 is 0 Å². The van der Waals surface area contributed by atoms with Crippen LogP contribution in [-0.4, -0.2) is 9.55 Å². The zero-order valence-corrected chi connectivity index (χ0v) is 8.19. The van der Waals surface area contributed by atoms with Crippen molar-refractivity contribution in [2.24, 2.45) is 0 Å². The highest BCUT2D eigenvalue weighted by molar-refractivity contribution is 5.21. The fourth-order valence-electron chi connectivity index (χ4n) is 1.40. The molecule has 0 N–H and O–H groups in total. The zero-order valence-electron chi connectivity index (χ0n) is 8.19. The molecule has 0 saturated heterocycles. The van der Waals surface area contributed by atoms with E-state index in [0.717, 1.165) is 18.2 Å².